The minimum Gasteiger partial charge on any atom is -0.493 e. The van der Waals surface area contributed by atoms with Crippen LogP contribution in [0.1, 0.15) is 11.1 Å². The van der Waals surface area contributed by atoms with Crippen LogP contribution in [0.15, 0.2) is 69.3 Å². The van der Waals surface area contributed by atoms with Crippen LogP contribution in [0.3, 0.4) is 0 Å². The Hall–Kier alpha value is -4.11. The molecule has 0 unspecified atom stereocenters. The van der Waals surface area contributed by atoms with E-state index in [9.17, 15) is 19.5 Å². The first-order chi connectivity index (χ1) is 15.9. The molecule has 0 fully saturated rings. The summed E-state index contributed by atoms with van der Waals surface area (Å²) in [6.07, 6.45) is 3.03. The van der Waals surface area contributed by atoms with Crippen molar-refractivity contribution >= 4 is 34.7 Å². The van der Waals surface area contributed by atoms with Crippen molar-refractivity contribution in [2.75, 3.05) is 7.11 Å². The number of hydrogen-bond acceptors (Lipinski definition) is 6. The molecule has 0 spiro atoms. The van der Waals surface area contributed by atoms with Crippen molar-refractivity contribution < 1.29 is 14.6 Å². The van der Waals surface area contributed by atoms with Crippen molar-refractivity contribution in [3.63, 3.8) is 0 Å². The fourth-order valence-electron chi connectivity index (χ4n) is 3.52. The van der Waals surface area contributed by atoms with Gasteiger partial charge in [0, 0.05) is 34.8 Å². The quantitative estimate of drug-likeness (QED) is 0.297. The third-order valence-corrected chi connectivity index (χ3v) is 5.37. The number of hydrogen-bond donors (Lipinski definition) is 3. The van der Waals surface area contributed by atoms with Crippen LogP contribution in [0.2, 0.25) is 5.02 Å². The lowest BCUT2D eigenvalue weighted by atomic mass is 10.1. The predicted molar refractivity (Wildman–Crippen MR) is 125 cm³/mol. The minimum absolute atomic E-state index is 0.194. The Balaban J connectivity index is 1.73. The molecule has 3 N–H and O–H groups in total. The molecule has 2 aromatic heterocycles. The van der Waals surface area contributed by atoms with Crippen LogP contribution in [-0.4, -0.2) is 45.0 Å². The standard InChI is InChI=1S/C23H19ClN4O5/c1-33-22(31)19(9-13-11-25-18-8-3-2-7-16(13)18)26-12-17-20(29)27-23(32)28(21(17)30)15-6-4-5-14(24)10-15/h2-8,10-12,19,25,30H,9H2,1H3,(H,27,29,32)/t19-/m0/s1. The summed E-state index contributed by atoms with van der Waals surface area (Å²) in [7, 11) is 1.24. The molecule has 0 aliphatic rings. The summed E-state index contributed by atoms with van der Waals surface area (Å²) < 4.78 is 5.76. The van der Waals surface area contributed by atoms with E-state index in [2.05, 4.69) is 15.0 Å². The number of aromatic amines is 2. The second kappa shape index (κ2) is 9.17. The molecular formula is C23H19ClN4O5. The van der Waals surface area contributed by atoms with Gasteiger partial charge in [-0.25, -0.2) is 14.2 Å². The van der Waals surface area contributed by atoms with E-state index in [0.29, 0.717) is 5.02 Å². The smallest absolute Gasteiger partial charge is 0.335 e. The second-order valence-electron chi connectivity index (χ2n) is 7.19. The highest BCUT2D eigenvalue weighted by molar-refractivity contribution is 6.30. The molecule has 0 bridgehead atoms. The first-order valence-electron chi connectivity index (χ1n) is 9.89. The van der Waals surface area contributed by atoms with Crippen LogP contribution in [0.25, 0.3) is 16.6 Å². The third kappa shape index (κ3) is 4.44. The van der Waals surface area contributed by atoms with Crippen molar-refractivity contribution in [2.45, 2.75) is 12.5 Å². The van der Waals surface area contributed by atoms with Gasteiger partial charge in [0.25, 0.3) is 5.56 Å². The number of halogens is 1. The molecular weight excluding hydrogens is 448 g/mol. The van der Waals surface area contributed by atoms with E-state index in [4.69, 9.17) is 16.3 Å². The number of fused-ring (bicyclic) bond motifs is 1. The fourth-order valence-corrected chi connectivity index (χ4v) is 3.70. The molecule has 4 rings (SSSR count). The summed E-state index contributed by atoms with van der Waals surface area (Å²) in [6.45, 7) is 0. The van der Waals surface area contributed by atoms with Gasteiger partial charge in [-0.05, 0) is 29.8 Å². The molecule has 0 saturated carbocycles. The number of benzene rings is 2. The van der Waals surface area contributed by atoms with E-state index < -0.39 is 29.1 Å². The average molecular weight is 467 g/mol. The second-order valence-corrected chi connectivity index (χ2v) is 7.63. The van der Waals surface area contributed by atoms with Crippen molar-refractivity contribution in [1.29, 1.82) is 0 Å². The highest BCUT2D eigenvalue weighted by atomic mass is 35.5. The zero-order valence-electron chi connectivity index (χ0n) is 17.4. The van der Waals surface area contributed by atoms with Crippen LogP contribution >= 0.6 is 11.6 Å². The number of methoxy groups -OCH3 is 1. The Labute approximate surface area is 192 Å². The Morgan fingerprint density at radius 2 is 2.03 bits per heavy atom. The molecule has 9 nitrogen and oxygen atoms in total. The van der Waals surface area contributed by atoms with E-state index in [1.165, 1.54) is 13.2 Å². The summed E-state index contributed by atoms with van der Waals surface area (Å²) in [4.78, 5) is 46.6. The Kier molecular flexibility index (Phi) is 6.14. The molecule has 2 heterocycles. The van der Waals surface area contributed by atoms with Gasteiger partial charge in [0.1, 0.15) is 5.56 Å². The van der Waals surface area contributed by atoms with Crippen LogP contribution in [0.4, 0.5) is 0 Å². The van der Waals surface area contributed by atoms with Gasteiger partial charge in [0.05, 0.1) is 12.8 Å². The molecule has 10 heteroatoms. The highest BCUT2D eigenvalue weighted by Gasteiger charge is 2.21. The summed E-state index contributed by atoms with van der Waals surface area (Å²) in [5, 5.41) is 12.0. The predicted octanol–water partition coefficient (Wildman–Crippen LogP) is 2.57. The van der Waals surface area contributed by atoms with E-state index in [-0.39, 0.29) is 17.7 Å². The average Bonchev–Trinajstić information content (AvgIpc) is 3.20. The van der Waals surface area contributed by atoms with Crippen molar-refractivity contribution in [3.05, 3.63) is 91.7 Å². The first kappa shape index (κ1) is 22.1. The van der Waals surface area contributed by atoms with Crippen molar-refractivity contribution in [3.8, 4) is 11.6 Å². The van der Waals surface area contributed by atoms with Gasteiger partial charge < -0.3 is 14.8 Å². The SMILES string of the molecule is COC(=O)[C@H](Cc1c[nH]c2ccccc12)N=Cc1c(O)n(-c2cccc(Cl)c2)c(=O)[nH]c1=O. The monoisotopic (exact) mass is 466 g/mol. The number of carbonyl (C=O) groups excluding carboxylic acids is 1. The van der Waals surface area contributed by atoms with Crippen LogP contribution in [0, 0.1) is 0 Å². The van der Waals surface area contributed by atoms with Gasteiger partial charge >= 0.3 is 11.7 Å². The van der Waals surface area contributed by atoms with Crippen molar-refractivity contribution in [1.82, 2.24) is 14.5 Å². The van der Waals surface area contributed by atoms with Gasteiger partial charge in [0.2, 0.25) is 5.88 Å². The number of H-pyrrole nitrogens is 2. The zero-order chi connectivity index (χ0) is 23.5. The van der Waals surface area contributed by atoms with Gasteiger partial charge in [0.15, 0.2) is 6.04 Å². The maximum Gasteiger partial charge on any atom is 0.335 e. The minimum atomic E-state index is -0.987. The number of nitrogens with one attached hydrogen (secondary N) is 2. The van der Waals surface area contributed by atoms with E-state index in [1.54, 1.807) is 24.4 Å². The number of esters is 1. The Morgan fingerprint density at radius 1 is 1.24 bits per heavy atom. The maximum absolute atomic E-state index is 12.4. The van der Waals surface area contributed by atoms with E-state index in [0.717, 1.165) is 27.2 Å². The number of aliphatic imine (C=N–C) groups is 1. The number of para-hydroxylation sites is 1. The summed E-state index contributed by atoms with van der Waals surface area (Å²) >= 11 is 5.98. The van der Waals surface area contributed by atoms with E-state index in [1.807, 2.05) is 24.3 Å². The lowest BCUT2D eigenvalue weighted by Gasteiger charge is -2.11. The molecule has 33 heavy (non-hydrogen) atoms. The van der Waals surface area contributed by atoms with Crippen molar-refractivity contribution in [2.24, 2.45) is 4.99 Å². The Bertz CT molecular complexity index is 1480. The van der Waals surface area contributed by atoms with E-state index >= 15 is 0 Å². The lowest BCUT2D eigenvalue weighted by Crippen LogP contribution is -2.31. The molecule has 4 aromatic rings. The molecule has 2 aromatic carbocycles. The summed E-state index contributed by atoms with van der Waals surface area (Å²) in [6, 6.07) is 12.8. The number of nitrogens with zero attached hydrogens (tertiary/aromatic N) is 2. The molecule has 0 radical (unpaired) electrons. The summed E-state index contributed by atoms with van der Waals surface area (Å²) in [5.41, 5.74) is 0.0000394. The molecule has 0 amide bonds. The normalized spacial score (nSPS) is 12.3. The fraction of sp³-hybridized carbons (Fsp3) is 0.130. The third-order valence-electron chi connectivity index (χ3n) is 5.13. The van der Waals surface area contributed by atoms with Gasteiger partial charge in [-0.1, -0.05) is 35.9 Å². The molecule has 0 aliphatic heterocycles. The van der Waals surface area contributed by atoms with Gasteiger partial charge in [-0.2, -0.15) is 0 Å². The van der Waals surface area contributed by atoms with Crippen LogP contribution in [0.5, 0.6) is 5.88 Å². The zero-order valence-corrected chi connectivity index (χ0v) is 18.2. The van der Waals surface area contributed by atoms with Crippen LogP contribution < -0.4 is 11.2 Å². The summed E-state index contributed by atoms with van der Waals surface area (Å²) in [5.74, 6) is -1.25. The van der Waals surface area contributed by atoms with Crippen LogP contribution in [-0.2, 0) is 16.0 Å². The number of rotatable bonds is 6. The number of ether oxygens (including phenoxy) is 1. The Morgan fingerprint density at radius 3 is 2.79 bits per heavy atom. The van der Waals surface area contributed by atoms with Gasteiger partial charge in [-0.15, -0.1) is 0 Å². The number of carbonyl (C=O) groups is 1. The molecule has 0 aliphatic carbocycles. The number of aromatic hydroxyl groups is 1. The largest absolute Gasteiger partial charge is 0.493 e. The first-order valence-corrected chi connectivity index (χ1v) is 10.3. The lowest BCUT2D eigenvalue weighted by molar-refractivity contribution is -0.142. The molecule has 168 valence electrons. The molecule has 0 saturated heterocycles. The van der Waals surface area contributed by atoms with Gasteiger partial charge in [-0.3, -0.25) is 14.8 Å². The highest BCUT2D eigenvalue weighted by Crippen LogP contribution is 2.21. The maximum atomic E-state index is 12.4. The topological polar surface area (TPSA) is 130 Å². The number of aromatic nitrogens is 3. The molecule has 1 atom stereocenters.